The SMILES string of the molecule is CC#CC(CC(=O)O)c1ccc(OC(Cc2ccccc2Cl)c2ccc3cc[nH]c3c2C)cc1. The molecule has 0 spiro atoms. The van der Waals surface area contributed by atoms with Gasteiger partial charge in [0.15, 0.2) is 0 Å². The van der Waals surface area contributed by atoms with Crippen molar-refractivity contribution in [2.24, 2.45) is 0 Å². The fourth-order valence-corrected chi connectivity index (χ4v) is 4.48. The molecule has 3 aromatic carbocycles. The predicted octanol–water partition coefficient (Wildman–Crippen LogP) is 7.07. The Morgan fingerprint density at radius 3 is 2.56 bits per heavy atom. The van der Waals surface area contributed by atoms with Crippen LogP contribution in [0.1, 0.15) is 47.6 Å². The molecule has 5 heteroatoms. The van der Waals surface area contributed by atoms with Gasteiger partial charge in [-0.3, -0.25) is 4.79 Å². The first kappa shape index (κ1) is 23.5. The summed E-state index contributed by atoms with van der Waals surface area (Å²) in [5.41, 5.74) is 5.18. The van der Waals surface area contributed by atoms with E-state index in [1.807, 2.05) is 54.7 Å². The van der Waals surface area contributed by atoms with Gasteiger partial charge < -0.3 is 14.8 Å². The zero-order valence-corrected chi connectivity index (χ0v) is 19.9. The molecule has 0 fully saturated rings. The number of aromatic nitrogens is 1. The highest BCUT2D eigenvalue weighted by atomic mass is 35.5. The Morgan fingerprint density at radius 2 is 1.85 bits per heavy atom. The standard InChI is InChI=1S/C29H26ClNO3/c1-3-6-22(18-28(32)33)20-9-12-24(13-10-20)34-27(17-23-7-4-5-8-26(23)30)25-14-11-21-15-16-31-29(21)19(25)2/h4-5,7-16,22,27,31H,17-18H2,1-2H3,(H,32,33). The van der Waals surface area contributed by atoms with E-state index in [4.69, 9.17) is 16.3 Å². The number of halogens is 1. The number of hydrogen-bond acceptors (Lipinski definition) is 2. The summed E-state index contributed by atoms with van der Waals surface area (Å²) in [4.78, 5) is 14.6. The summed E-state index contributed by atoms with van der Waals surface area (Å²) >= 11 is 6.48. The molecule has 172 valence electrons. The van der Waals surface area contributed by atoms with Gasteiger partial charge in [0.2, 0.25) is 0 Å². The first-order valence-electron chi connectivity index (χ1n) is 11.2. The summed E-state index contributed by atoms with van der Waals surface area (Å²) in [6.07, 6.45) is 2.25. The lowest BCUT2D eigenvalue weighted by Gasteiger charge is -2.23. The lowest BCUT2D eigenvalue weighted by atomic mass is 9.95. The van der Waals surface area contributed by atoms with Gasteiger partial charge in [0.25, 0.3) is 0 Å². The number of carbonyl (C=O) groups is 1. The normalized spacial score (nSPS) is 12.6. The minimum absolute atomic E-state index is 0.0362. The maximum absolute atomic E-state index is 11.2. The molecule has 0 saturated carbocycles. The van der Waals surface area contributed by atoms with Crippen molar-refractivity contribution in [2.45, 2.75) is 38.7 Å². The van der Waals surface area contributed by atoms with Crippen LogP contribution < -0.4 is 4.74 Å². The molecule has 34 heavy (non-hydrogen) atoms. The number of fused-ring (bicyclic) bond motifs is 1. The van der Waals surface area contributed by atoms with E-state index in [0.29, 0.717) is 17.2 Å². The zero-order valence-electron chi connectivity index (χ0n) is 19.1. The number of H-pyrrole nitrogens is 1. The van der Waals surface area contributed by atoms with Crippen molar-refractivity contribution in [3.8, 4) is 17.6 Å². The maximum Gasteiger partial charge on any atom is 0.304 e. The Labute approximate surface area is 204 Å². The van der Waals surface area contributed by atoms with Crippen LogP contribution in [0.4, 0.5) is 0 Å². The van der Waals surface area contributed by atoms with E-state index in [0.717, 1.165) is 33.2 Å². The number of carboxylic acids is 1. The Balaban J connectivity index is 1.66. The van der Waals surface area contributed by atoms with Gasteiger partial charge >= 0.3 is 5.97 Å². The van der Waals surface area contributed by atoms with Gasteiger partial charge in [-0.15, -0.1) is 5.92 Å². The lowest BCUT2D eigenvalue weighted by Crippen LogP contribution is -2.13. The third kappa shape index (κ3) is 5.27. The number of nitrogens with one attached hydrogen (secondary N) is 1. The van der Waals surface area contributed by atoms with Gasteiger partial charge in [-0.2, -0.15) is 0 Å². The average Bonchev–Trinajstić information content (AvgIpc) is 3.30. The number of aryl methyl sites for hydroxylation is 1. The molecule has 0 saturated heterocycles. The molecule has 4 rings (SSSR count). The monoisotopic (exact) mass is 471 g/mol. The third-order valence-electron chi connectivity index (χ3n) is 6.00. The van der Waals surface area contributed by atoms with Crippen LogP contribution in [0.3, 0.4) is 0 Å². The van der Waals surface area contributed by atoms with Gasteiger partial charge in [0.1, 0.15) is 11.9 Å². The molecule has 0 aliphatic carbocycles. The molecule has 0 bridgehead atoms. The highest BCUT2D eigenvalue weighted by molar-refractivity contribution is 6.31. The van der Waals surface area contributed by atoms with E-state index in [2.05, 4.69) is 41.9 Å². The molecule has 1 aromatic heterocycles. The summed E-state index contributed by atoms with van der Waals surface area (Å²) in [6.45, 7) is 3.81. The van der Waals surface area contributed by atoms with Crippen molar-refractivity contribution in [2.75, 3.05) is 0 Å². The molecule has 4 nitrogen and oxygen atoms in total. The third-order valence-corrected chi connectivity index (χ3v) is 6.37. The Kier molecular flexibility index (Phi) is 7.25. The van der Waals surface area contributed by atoms with E-state index in [1.54, 1.807) is 6.92 Å². The number of benzene rings is 3. The van der Waals surface area contributed by atoms with E-state index < -0.39 is 5.97 Å². The molecular weight excluding hydrogens is 446 g/mol. The first-order chi connectivity index (χ1) is 16.5. The molecule has 2 atom stereocenters. The van der Waals surface area contributed by atoms with Gasteiger partial charge in [-0.05, 0) is 65.8 Å². The number of carboxylic acid groups (broad SMARTS) is 1. The van der Waals surface area contributed by atoms with Crippen LogP contribution in [-0.2, 0) is 11.2 Å². The smallest absolute Gasteiger partial charge is 0.304 e. The Bertz CT molecular complexity index is 1360. The number of rotatable bonds is 8. The van der Waals surface area contributed by atoms with Crippen LogP contribution >= 0.6 is 11.6 Å². The van der Waals surface area contributed by atoms with Gasteiger partial charge in [-0.25, -0.2) is 0 Å². The summed E-state index contributed by atoms with van der Waals surface area (Å²) < 4.78 is 6.52. The van der Waals surface area contributed by atoms with Crippen molar-refractivity contribution < 1.29 is 14.6 Å². The second-order valence-corrected chi connectivity index (χ2v) is 8.64. The average molecular weight is 472 g/mol. The van der Waals surface area contributed by atoms with Crippen molar-refractivity contribution in [3.63, 3.8) is 0 Å². The molecular formula is C29H26ClNO3. The predicted molar refractivity (Wildman–Crippen MR) is 136 cm³/mol. The van der Waals surface area contributed by atoms with E-state index in [-0.39, 0.29) is 18.4 Å². The van der Waals surface area contributed by atoms with Gasteiger partial charge in [0, 0.05) is 23.2 Å². The zero-order chi connectivity index (χ0) is 24.1. The highest BCUT2D eigenvalue weighted by Gasteiger charge is 2.20. The number of hydrogen-bond donors (Lipinski definition) is 2. The fraction of sp³-hybridized carbons (Fsp3) is 0.207. The Morgan fingerprint density at radius 1 is 1.09 bits per heavy atom. The second kappa shape index (κ2) is 10.5. The number of aromatic amines is 1. The van der Waals surface area contributed by atoms with Crippen molar-refractivity contribution in [1.29, 1.82) is 0 Å². The molecule has 2 unspecified atom stereocenters. The van der Waals surface area contributed by atoms with Crippen LogP contribution in [0.5, 0.6) is 5.75 Å². The summed E-state index contributed by atoms with van der Waals surface area (Å²) in [5.74, 6) is 5.29. The van der Waals surface area contributed by atoms with Crippen molar-refractivity contribution >= 4 is 28.5 Å². The van der Waals surface area contributed by atoms with Crippen molar-refractivity contribution in [1.82, 2.24) is 4.98 Å². The molecule has 0 amide bonds. The topological polar surface area (TPSA) is 62.3 Å². The first-order valence-corrected chi connectivity index (χ1v) is 11.5. The van der Waals surface area contributed by atoms with Crippen LogP contribution in [0, 0.1) is 18.8 Å². The van der Waals surface area contributed by atoms with Crippen molar-refractivity contribution in [3.05, 3.63) is 100 Å². The van der Waals surface area contributed by atoms with E-state index in [1.165, 1.54) is 0 Å². The van der Waals surface area contributed by atoms with Crippen LogP contribution in [0.15, 0.2) is 72.9 Å². The molecule has 0 radical (unpaired) electrons. The second-order valence-electron chi connectivity index (χ2n) is 8.24. The molecule has 1 heterocycles. The Hall–Kier alpha value is -3.68. The highest BCUT2D eigenvalue weighted by Crippen LogP contribution is 2.33. The van der Waals surface area contributed by atoms with Gasteiger partial charge in [0.05, 0.1) is 12.3 Å². The molecule has 0 aliphatic heterocycles. The van der Waals surface area contributed by atoms with Crippen LogP contribution in [0.25, 0.3) is 10.9 Å². The minimum Gasteiger partial charge on any atom is -0.485 e. The largest absolute Gasteiger partial charge is 0.485 e. The van der Waals surface area contributed by atoms with Crippen LogP contribution in [0.2, 0.25) is 5.02 Å². The molecule has 4 aromatic rings. The lowest BCUT2D eigenvalue weighted by molar-refractivity contribution is -0.137. The molecule has 0 aliphatic rings. The molecule has 2 N–H and O–H groups in total. The van der Waals surface area contributed by atoms with E-state index >= 15 is 0 Å². The summed E-state index contributed by atoms with van der Waals surface area (Å²) in [7, 11) is 0. The maximum atomic E-state index is 11.2. The van der Waals surface area contributed by atoms with Crippen LogP contribution in [-0.4, -0.2) is 16.1 Å². The van der Waals surface area contributed by atoms with Gasteiger partial charge in [-0.1, -0.05) is 60.0 Å². The fourth-order valence-electron chi connectivity index (χ4n) is 4.27. The quantitative estimate of drug-likeness (QED) is 0.270. The summed E-state index contributed by atoms with van der Waals surface area (Å²) in [5, 5.41) is 11.1. The minimum atomic E-state index is -0.872. The summed E-state index contributed by atoms with van der Waals surface area (Å²) in [6, 6.07) is 21.6. The number of ether oxygens (including phenoxy) is 1. The van der Waals surface area contributed by atoms with E-state index in [9.17, 15) is 9.90 Å². The number of aliphatic carboxylic acids is 1.